The molecule has 4 heterocycles. The van der Waals surface area contributed by atoms with Gasteiger partial charge in [0.25, 0.3) is 0 Å². The Kier molecular flexibility index (Phi) is 2.53. The molecule has 4 aliphatic heterocycles. The van der Waals surface area contributed by atoms with E-state index in [0.29, 0.717) is 11.5 Å². The van der Waals surface area contributed by atoms with Crippen LogP contribution < -0.4 is 5.32 Å². The van der Waals surface area contributed by atoms with Crippen molar-refractivity contribution in [1.29, 1.82) is 0 Å². The Morgan fingerprint density at radius 3 is 2.58 bits per heavy atom. The number of nitrogens with zero attached hydrogens (tertiary/aromatic N) is 2. The first-order chi connectivity index (χ1) is 9.21. The molecule has 1 aromatic carbocycles. The molecule has 4 aliphatic rings. The molecule has 0 amide bonds. The average molecular weight is 257 g/mol. The SMILES string of the molecule is CNC1C2CN3CN(C2)CC1(c1cccc(C)c1)C3. The van der Waals surface area contributed by atoms with Crippen LogP contribution in [0.5, 0.6) is 0 Å². The lowest BCUT2D eigenvalue weighted by Gasteiger charge is -2.63. The number of nitrogens with one attached hydrogen (secondary N) is 1. The minimum atomic E-state index is 0.292. The molecule has 4 bridgehead atoms. The van der Waals surface area contributed by atoms with Gasteiger partial charge in [-0.2, -0.15) is 0 Å². The minimum absolute atomic E-state index is 0.292. The highest BCUT2D eigenvalue weighted by Gasteiger charge is 2.56. The number of hydrogen-bond acceptors (Lipinski definition) is 3. The van der Waals surface area contributed by atoms with Crippen molar-refractivity contribution in [3.8, 4) is 0 Å². The molecule has 5 rings (SSSR count). The monoisotopic (exact) mass is 257 g/mol. The molecule has 3 heteroatoms. The highest BCUT2D eigenvalue weighted by molar-refractivity contribution is 5.36. The largest absolute Gasteiger partial charge is 0.316 e. The van der Waals surface area contributed by atoms with E-state index in [1.807, 2.05) is 0 Å². The Morgan fingerprint density at radius 2 is 1.95 bits per heavy atom. The minimum Gasteiger partial charge on any atom is -0.316 e. The van der Waals surface area contributed by atoms with Gasteiger partial charge in [0.2, 0.25) is 0 Å². The van der Waals surface area contributed by atoms with E-state index in [4.69, 9.17) is 0 Å². The number of likely N-dealkylation sites (N-methyl/N-ethyl adjacent to an activating group) is 1. The third kappa shape index (κ3) is 1.62. The lowest BCUT2D eigenvalue weighted by molar-refractivity contribution is -0.106. The van der Waals surface area contributed by atoms with E-state index in [1.165, 1.54) is 44.0 Å². The van der Waals surface area contributed by atoms with Crippen molar-refractivity contribution in [2.75, 3.05) is 39.9 Å². The fraction of sp³-hybridized carbons (Fsp3) is 0.625. The molecule has 4 saturated heterocycles. The first kappa shape index (κ1) is 11.9. The van der Waals surface area contributed by atoms with Crippen LogP contribution in [0.4, 0.5) is 0 Å². The van der Waals surface area contributed by atoms with Gasteiger partial charge in [0.15, 0.2) is 0 Å². The summed E-state index contributed by atoms with van der Waals surface area (Å²) in [6.45, 7) is 8.37. The number of rotatable bonds is 2. The van der Waals surface area contributed by atoms with Crippen LogP contribution in [0.2, 0.25) is 0 Å². The zero-order valence-electron chi connectivity index (χ0n) is 11.9. The quantitative estimate of drug-likeness (QED) is 0.854. The lowest BCUT2D eigenvalue weighted by atomic mass is 9.62. The summed E-state index contributed by atoms with van der Waals surface area (Å²) in [5, 5.41) is 3.65. The molecule has 3 unspecified atom stereocenters. The first-order valence-corrected chi connectivity index (χ1v) is 7.40. The van der Waals surface area contributed by atoms with Crippen LogP contribution >= 0.6 is 0 Å². The summed E-state index contributed by atoms with van der Waals surface area (Å²) >= 11 is 0. The number of benzene rings is 1. The van der Waals surface area contributed by atoms with E-state index in [-0.39, 0.29) is 0 Å². The van der Waals surface area contributed by atoms with E-state index in [9.17, 15) is 0 Å². The molecule has 0 spiro atoms. The average Bonchev–Trinajstić information content (AvgIpc) is 2.38. The lowest BCUT2D eigenvalue weighted by Crippen LogP contribution is -2.77. The zero-order chi connectivity index (χ0) is 13.0. The van der Waals surface area contributed by atoms with Crippen molar-refractivity contribution in [3.63, 3.8) is 0 Å². The standard InChI is InChI=1S/C16H23N3/c1-12-4-3-5-14(6-12)16-9-18-7-13(15(16)17-2)8-19(10-16)11-18/h3-6,13,15,17H,7-11H2,1-2H3. The molecule has 3 atom stereocenters. The van der Waals surface area contributed by atoms with Crippen LogP contribution in [0.1, 0.15) is 11.1 Å². The molecule has 19 heavy (non-hydrogen) atoms. The second-order valence-electron chi connectivity index (χ2n) is 6.72. The Balaban J connectivity index is 1.82. The molecule has 0 aliphatic carbocycles. The second kappa shape index (κ2) is 4.05. The third-order valence-corrected chi connectivity index (χ3v) is 5.37. The number of hydrogen-bond donors (Lipinski definition) is 1. The highest BCUT2D eigenvalue weighted by atomic mass is 15.4. The van der Waals surface area contributed by atoms with Crippen LogP contribution in [-0.2, 0) is 5.41 Å². The second-order valence-corrected chi connectivity index (χ2v) is 6.72. The van der Waals surface area contributed by atoms with Gasteiger partial charge < -0.3 is 5.32 Å². The van der Waals surface area contributed by atoms with E-state index in [2.05, 4.69) is 53.4 Å². The Hall–Kier alpha value is -0.900. The molecule has 0 radical (unpaired) electrons. The number of piperidine rings is 2. The predicted octanol–water partition coefficient (Wildman–Crippen LogP) is 1.04. The van der Waals surface area contributed by atoms with E-state index in [1.54, 1.807) is 0 Å². The highest BCUT2D eigenvalue weighted by Crippen LogP contribution is 2.44. The van der Waals surface area contributed by atoms with Crippen molar-refractivity contribution < 1.29 is 0 Å². The van der Waals surface area contributed by atoms with Crippen LogP contribution in [0.3, 0.4) is 0 Å². The van der Waals surface area contributed by atoms with E-state index in [0.717, 1.165) is 5.92 Å². The summed E-state index contributed by atoms with van der Waals surface area (Å²) < 4.78 is 0. The summed E-state index contributed by atoms with van der Waals surface area (Å²) in [7, 11) is 2.15. The summed E-state index contributed by atoms with van der Waals surface area (Å²) in [5.74, 6) is 0.779. The fourth-order valence-electron chi connectivity index (χ4n) is 4.88. The normalized spacial score (nSPS) is 43.7. The van der Waals surface area contributed by atoms with Crippen LogP contribution in [0.15, 0.2) is 24.3 Å². The van der Waals surface area contributed by atoms with Gasteiger partial charge in [-0.05, 0) is 19.5 Å². The van der Waals surface area contributed by atoms with Crippen molar-refractivity contribution in [2.45, 2.75) is 18.4 Å². The van der Waals surface area contributed by atoms with Crippen LogP contribution in [0.25, 0.3) is 0 Å². The van der Waals surface area contributed by atoms with Gasteiger partial charge in [-0.3, -0.25) is 9.80 Å². The summed E-state index contributed by atoms with van der Waals surface area (Å²) in [6, 6.07) is 9.80. The number of aryl methyl sites for hydroxylation is 1. The maximum atomic E-state index is 3.65. The van der Waals surface area contributed by atoms with Crippen LogP contribution in [0, 0.1) is 12.8 Å². The first-order valence-electron chi connectivity index (χ1n) is 7.40. The Morgan fingerprint density at radius 1 is 1.21 bits per heavy atom. The molecule has 0 aromatic heterocycles. The van der Waals surface area contributed by atoms with Crippen LogP contribution in [-0.4, -0.2) is 55.7 Å². The topological polar surface area (TPSA) is 18.5 Å². The smallest absolute Gasteiger partial charge is 0.0507 e. The summed E-state index contributed by atoms with van der Waals surface area (Å²) in [5.41, 5.74) is 3.21. The van der Waals surface area contributed by atoms with Gasteiger partial charge >= 0.3 is 0 Å². The molecule has 102 valence electrons. The van der Waals surface area contributed by atoms with Crippen molar-refractivity contribution >= 4 is 0 Å². The van der Waals surface area contributed by atoms with Crippen molar-refractivity contribution in [1.82, 2.24) is 15.1 Å². The molecule has 3 nitrogen and oxygen atoms in total. The fourth-order valence-corrected chi connectivity index (χ4v) is 4.88. The molecular formula is C16H23N3. The van der Waals surface area contributed by atoms with Gasteiger partial charge in [-0.1, -0.05) is 29.8 Å². The third-order valence-electron chi connectivity index (χ3n) is 5.37. The van der Waals surface area contributed by atoms with Gasteiger partial charge in [-0.25, -0.2) is 0 Å². The molecular weight excluding hydrogens is 234 g/mol. The Bertz CT molecular complexity index is 485. The molecule has 0 saturated carbocycles. The van der Waals surface area contributed by atoms with Crippen molar-refractivity contribution in [2.24, 2.45) is 5.92 Å². The predicted molar refractivity (Wildman–Crippen MR) is 77.2 cm³/mol. The molecule has 1 N–H and O–H groups in total. The summed E-state index contributed by atoms with van der Waals surface area (Å²) in [4.78, 5) is 5.29. The van der Waals surface area contributed by atoms with Gasteiger partial charge in [0, 0.05) is 43.6 Å². The summed E-state index contributed by atoms with van der Waals surface area (Å²) in [6.07, 6.45) is 0. The van der Waals surface area contributed by atoms with Gasteiger partial charge in [-0.15, -0.1) is 0 Å². The molecule has 1 aromatic rings. The van der Waals surface area contributed by atoms with E-state index < -0.39 is 0 Å². The van der Waals surface area contributed by atoms with Gasteiger partial charge in [0.1, 0.15) is 0 Å². The van der Waals surface area contributed by atoms with Crippen molar-refractivity contribution in [3.05, 3.63) is 35.4 Å². The molecule has 4 fully saturated rings. The van der Waals surface area contributed by atoms with Gasteiger partial charge in [0.05, 0.1) is 6.67 Å². The maximum absolute atomic E-state index is 3.65. The zero-order valence-corrected chi connectivity index (χ0v) is 11.9. The Labute approximate surface area is 115 Å². The van der Waals surface area contributed by atoms with E-state index >= 15 is 0 Å². The maximum Gasteiger partial charge on any atom is 0.0507 e.